The van der Waals surface area contributed by atoms with Crippen LogP contribution in [0.1, 0.15) is 64.0 Å². The molecule has 340 valence electrons. The van der Waals surface area contributed by atoms with Crippen molar-refractivity contribution in [2.24, 2.45) is 28.1 Å². The van der Waals surface area contributed by atoms with E-state index in [9.17, 15) is 53.7 Å². The Bertz CT molecular complexity index is 1850. The largest absolute Gasteiger partial charge is 0.481 e. The van der Waals surface area contributed by atoms with Crippen molar-refractivity contribution in [3.05, 3.63) is 71.8 Å². The first-order valence-corrected chi connectivity index (χ1v) is 20.1. The number of aliphatic imine (C=N–C) groups is 1. The number of aliphatic hydroxyl groups is 1. The first-order chi connectivity index (χ1) is 29.3. The molecule has 15 N–H and O–H groups in total. The highest BCUT2D eigenvalue weighted by atomic mass is 16.4. The predicted molar refractivity (Wildman–Crippen MR) is 226 cm³/mol. The topological polar surface area (TPSA) is 360 Å². The predicted octanol–water partition coefficient (Wildman–Crippen LogP) is -2.23. The molecule has 0 spiro atoms. The molecule has 0 aliphatic rings. The Kier molecular flexibility index (Phi) is 22.1. The number of carbonyl (C=O) groups is 8. The molecular formula is C41H60N10O11. The lowest BCUT2D eigenvalue weighted by atomic mass is 10.0. The van der Waals surface area contributed by atoms with Gasteiger partial charge >= 0.3 is 11.9 Å². The molecule has 7 atom stereocenters. The smallest absolute Gasteiger partial charge is 0.326 e. The van der Waals surface area contributed by atoms with E-state index in [0.29, 0.717) is 5.56 Å². The van der Waals surface area contributed by atoms with E-state index < -0.39 is 109 Å². The van der Waals surface area contributed by atoms with Crippen molar-refractivity contribution in [3.8, 4) is 0 Å². The molecule has 0 aliphatic heterocycles. The van der Waals surface area contributed by atoms with Crippen LogP contribution in [0, 0.1) is 5.92 Å². The van der Waals surface area contributed by atoms with Gasteiger partial charge in [-0.3, -0.25) is 38.6 Å². The Hall–Kier alpha value is -6.61. The number of carbonyl (C=O) groups excluding carboxylic acids is 6. The fourth-order valence-electron chi connectivity index (χ4n) is 5.99. The molecule has 0 bridgehead atoms. The van der Waals surface area contributed by atoms with Gasteiger partial charge in [-0.25, -0.2) is 4.79 Å². The third kappa shape index (κ3) is 19.2. The zero-order valence-corrected chi connectivity index (χ0v) is 35.0. The third-order valence-electron chi connectivity index (χ3n) is 9.30. The summed E-state index contributed by atoms with van der Waals surface area (Å²) in [6, 6.07) is 8.05. The second-order valence-electron chi connectivity index (χ2n) is 15.1. The number of amides is 6. The minimum atomic E-state index is -1.52. The first kappa shape index (κ1) is 51.5. The third-order valence-corrected chi connectivity index (χ3v) is 9.30. The Morgan fingerprint density at radius 3 is 1.61 bits per heavy atom. The number of rotatable bonds is 27. The number of nitrogens with zero attached hydrogens (tertiary/aromatic N) is 1. The van der Waals surface area contributed by atoms with Gasteiger partial charge in [0.1, 0.15) is 36.3 Å². The molecule has 0 saturated carbocycles. The second kappa shape index (κ2) is 26.6. The Balaban J connectivity index is 2.23. The van der Waals surface area contributed by atoms with Crippen molar-refractivity contribution < 1.29 is 53.7 Å². The van der Waals surface area contributed by atoms with Crippen molar-refractivity contribution in [1.29, 1.82) is 0 Å². The van der Waals surface area contributed by atoms with Crippen LogP contribution in [0.2, 0.25) is 0 Å². The fourth-order valence-corrected chi connectivity index (χ4v) is 5.99. The minimum absolute atomic E-state index is 0.0758. The number of benzene rings is 2. The Morgan fingerprint density at radius 1 is 0.597 bits per heavy atom. The van der Waals surface area contributed by atoms with Gasteiger partial charge in [0, 0.05) is 19.4 Å². The van der Waals surface area contributed by atoms with Crippen molar-refractivity contribution >= 4 is 53.3 Å². The average molecular weight is 869 g/mol. The molecule has 0 fully saturated rings. The summed E-state index contributed by atoms with van der Waals surface area (Å²) < 4.78 is 0. The summed E-state index contributed by atoms with van der Waals surface area (Å²) in [5.41, 5.74) is 18.0. The van der Waals surface area contributed by atoms with Gasteiger partial charge in [0.2, 0.25) is 35.4 Å². The van der Waals surface area contributed by atoms with Crippen molar-refractivity contribution in [1.82, 2.24) is 31.9 Å². The monoisotopic (exact) mass is 868 g/mol. The fraction of sp³-hybridized carbons (Fsp3) is 0.488. The normalized spacial score (nSPS) is 14.3. The van der Waals surface area contributed by atoms with Crippen LogP contribution in [0.3, 0.4) is 0 Å². The van der Waals surface area contributed by atoms with Gasteiger partial charge in [-0.2, -0.15) is 0 Å². The van der Waals surface area contributed by atoms with Gasteiger partial charge in [-0.15, -0.1) is 0 Å². The maximum Gasteiger partial charge on any atom is 0.326 e. The molecule has 0 aromatic heterocycles. The van der Waals surface area contributed by atoms with Crippen molar-refractivity contribution in [2.45, 2.75) is 108 Å². The van der Waals surface area contributed by atoms with Crippen molar-refractivity contribution in [2.75, 3.05) is 13.2 Å². The highest BCUT2D eigenvalue weighted by Gasteiger charge is 2.33. The van der Waals surface area contributed by atoms with E-state index >= 15 is 0 Å². The zero-order valence-electron chi connectivity index (χ0n) is 35.0. The second-order valence-corrected chi connectivity index (χ2v) is 15.1. The number of hydrogen-bond donors (Lipinski definition) is 12. The van der Waals surface area contributed by atoms with Crippen LogP contribution >= 0.6 is 0 Å². The summed E-state index contributed by atoms with van der Waals surface area (Å²) in [6.45, 7) is 4.11. The summed E-state index contributed by atoms with van der Waals surface area (Å²) in [5, 5.41) is 43.7. The van der Waals surface area contributed by atoms with Gasteiger partial charge in [-0.1, -0.05) is 74.5 Å². The molecular weight excluding hydrogens is 809 g/mol. The number of hydrogen-bond acceptors (Lipinski definition) is 11. The van der Waals surface area contributed by atoms with E-state index in [-0.39, 0.29) is 50.5 Å². The molecule has 0 unspecified atom stereocenters. The van der Waals surface area contributed by atoms with E-state index in [1.807, 2.05) is 0 Å². The molecule has 2 rings (SSSR count). The molecule has 0 aliphatic carbocycles. The summed E-state index contributed by atoms with van der Waals surface area (Å²) in [7, 11) is 0. The molecule has 0 heterocycles. The van der Waals surface area contributed by atoms with Crippen LogP contribution in [0.4, 0.5) is 0 Å². The van der Waals surface area contributed by atoms with Gasteiger partial charge < -0.3 is 64.4 Å². The molecule has 2 aromatic carbocycles. The number of aliphatic hydroxyl groups excluding tert-OH is 1. The molecule has 62 heavy (non-hydrogen) atoms. The quantitative estimate of drug-likeness (QED) is 0.0257. The molecule has 6 amide bonds. The van der Waals surface area contributed by atoms with Crippen LogP contribution in [-0.4, -0.2) is 124 Å². The van der Waals surface area contributed by atoms with E-state index in [2.05, 4.69) is 36.9 Å². The lowest BCUT2D eigenvalue weighted by molar-refractivity contribution is -0.143. The molecule has 0 saturated heterocycles. The molecule has 0 radical (unpaired) electrons. The van der Waals surface area contributed by atoms with Crippen LogP contribution < -0.4 is 49.1 Å². The van der Waals surface area contributed by atoms with E-state index in [0.717, 1.165) is 5.56 Å². The number of nitrogens with two attached hydrogens (primary N) is 3. The van der Waals surface area contributed by atoms with Crippen molar-refractivity contribution in [3.63, 3.8) is 0 Å². The number of carboxylic acids is 2. The summed E-state index contributed by atoms with van der Waals surface area (Å²) >= 11 is 0. The summed E-state index contributed by atoms with van der Waals surface area (Å²) in [6.07, 6.45) is -0.766. The standard InChI is InChI=1S/C41H60N10O11/c1-23(2)19-30(49-39(60)32(22-52)51-35(56)27(42)20-25-11-6-4-7-12-25)38(59)50-31(21-26-13-8-5-9-14-26)37(58)46-24(3)34(55)47-28(16-17-33(53)54)36(57)48-29(40(61)62)15-10-18-45-41(43)44/h4-9,11-14,23-24,27-32,52H,10,15-22,42H2,1-3H3,(H,46,58)(H,47,55)(H,48,57)(H,49,60)(H,50,59)(H,51,56)(H,53,54)(H,61,62)(H4,43,44,45)/t24-,27-,28-,29-,30-,31-,32-/m0/s1. The maximum atomic E-state index is 13.9. The number of aliphatic carboxylic acids is 2. The van der Waals surface area contributed by atoms with E-state index in [1.54, 1.807) is 74.5 Å². The lowest BCUT2D eigenvalue weighted by Gasteiger charge is -2.27. The average Bonchev–Trinajstić information content (AvgIpc) is 3.21. The van der Waals surface area contributed by atoms with Crippen LogP contribution in [0.15, 0.2) is 65.7 Å². The Morgan fingerprint density at radius 2 is 1.08 bits per heavy atom. The SMILES string of the molecule is CC(C)C[C@H](NC(=O)[C@H](CO)NC(=O)[C@@H](N)Cc1ccccc1)C(=O)N[C@@H](Cc1ccccc1)C(=O)N[C@@H](C)C(=O)N[C@@H](CCC(=O)O)C(=O)N[C@@H](CCCN=C(N)N)C(=O)O. The number of nitrogens with one attached hydrogen (secondary N) is 6. The van der Waals surface area contributed by atoms with Gasteiger partial charge in [-0.05, 0) is 56.1 Å². The molecule has 2 aromatic rings. The van der Waals surface area contributed by atoms with Gasteiger partial charge in [0.15, 0.2) is 5.96 Å². The highest BCUT2D eigenvalue weighted by molar-refractivity contribution is 5.97. The van der Waals surface area contributed by atoms with E-state index in [1.165, 1.54) is 6.92 Å². The van der Waals surface area contributed by atoms with Gasteiger partial charge in [0.25, 0.3) is 0 Å². The Labute approximate surface area is 359 Å². The van der Waals surface area contributed by atoms with Crippen LogP contribution in [0.25, 0.3) is 0 Å². The molecule has 21 heteroatoms. The zero-order chi connectivity index (χ0) is 46.4. The lowest BCUT2D eigenvalue weighted by Crippen LogP contribution is -2.60. The molecule has 21 nitrogen and oxygen atoms in total. The maximum absolute atomic E-state index is 13.9. The van der Waals surface area contributed by atoms with Gasteiger partial charge in [0.05, 0.1) is 12.6 Å². The minimum Gasteiger partial charge on any atom is -0.481 e. The summed E-state index contributed by atoms with van der Waals surface area (Å²) in [4.78, 5) is 108. The first-order valence-electron chi connectivity index (χ1n) is 20.1. The van der Waals surface area contributed by atoms with E-state index in [4.69, 9.17) is 17.2 Å². The number of guanidine groups is 1. The highest BCUT2D eigenvalue weighted by Crippen LogP contribution is 2.10. The van der Waals surface area contributed by atoms with Crippen LogP contribution in [-0.2, 0) is 51.2 Å². The van der Waals surface area contributed by atoms with Crippen LogP contribution in [0.5, 0.6) is 0 Å². The number of carboxylic acid groups (broad SMARTS) is 2. The summed E-state index contributed by atoms with van der Waals surface area (Å²) in [5.74, 6) is -8.21.